The maximum atomic E-state index is 11.1. The Kier molecular flexibility index (Phi) is 1.44. The highest BCUT2D eigenvalue weighted by Gasteiger charge is 2.50. The summed E-state index contributed by atoms with van der Waals surface area (Å²) in [6.07, 6.45) is 6.11. The lowest BCUT2D eigenvalue weighted by molar-refractivity contribution is -0.145. The van der Waals surface area contributed by atoms with Gasteiger partial charge in [0, 0.05) is 0 Å². The standard InChI is InChI=1S/C9H14O2/c1-11-8(10)7-2-3-9(6-7)4-5-9/h7H,2-6H2,1H3/t7-/m0/s1. The fraction of sp³-hybridized carbons (Fsp3) is 0.889. The summed E-state index contributed by atoms with van der Waals surface area (Å²) in [7, 11) is 1.49. The van der Waals surface area contributed by atoms with Gasteiger partial charge in [-0.25, -0.2) is 0 Å². The van der Waals surface area contributed by atoms with Gasteiger partial charge in [-0.15, -0.1) is 0 Å². The minimum Gasteiger partial charge on any atom is -0.469 e. The third-order valence-corrected chi connectivity index (χ3v) is 3.19. The molecule has 2 nitrogen and oxygen atoms in total. The topological polar surface area (TPSA) is 26.3 Å². The molecular formula is C9H14O2. The summed E-state index contributed by atoms with van der Waals surface area (Å²) in [5.74, 6) is 0.233. The van der Waals surface area contributed by atoms with Gasteiger partial charge in [0.1, 0.15) is 0 Å². The van der Waals surface area contributed by atoms with Crippen molar-refractivity contribution in [1.29, 1.82) is 0 Å². The molecule has 2 rings (SSSR count). The zero-order valence-corrected chi connectivity index (χ0v) is 6.93. The van der Waals surface area contributed by atoms with Crippen molar-refractivity contribution >= 4 is 5.97 Å². The predicted octanol–water partition coefficient (Wildman–Crippen LogP) is 1.74. The van der Waals surface area contributed by atoms with Gasteiger partial charge in [-0.3, -0.25) is 4.79 Å². The first-order valence-corrected chi connectivity index (χ1v) is 4.34. The van der Waals surface area contributed by atoms with Crippen molar-refractivity contribution in [3.05, 3.63) is 0 Å². The van der Waals surface area contributed by atoms with E-state index in [1.54, 1.807) is 0 Å². The number of carbonyl (C=O) groups is 1. The van der Waals surface area contributed by atoms with Crippen LogP contribution in [0, 0.1) is 11.3 Å². The fourth-order valence-corrected chi connectivity index (χ4v) is 2.21. The van der Waals surface area contributed by atoms with Crippen LogP contribution in [0.3, 0.4) is 0 Å². The number of hydrogen-bond donors (Lipinski definition) is 0. The Morgan fingerprint density at radius 1 is 1.45 bits per heavy atom. The Bertz CT molecular complexity index is 182. The molecule has 2 aliphatic rings. The lowest BCUT2D eigenvalue weighted by Gasteiger charge is -2.06. The molecule has 2 aliphatic carbocycles. The number of rotatable bonds is 1. The van der Waals surface area contributed by atoms with Gasteiger partial charge in [0.15, 0.2) is 0 Å². The number of esters is 1. The largest absolute Gasteiger partial charge is 0.469 e. The van der Waals surface area contributed by atoms with Gasteiger partial charge in [0.25, 0.3) is 0 Å². The van der Waals surface area contributed by atoms with Crippen LogP contribution in [0.4, 0.5) is 0 Å². The smallest absolute Gasteiger partial charge is 0.308 e. The number of ether oxygens (including phenoxy) is 1. The molecule has 2 fully saturated rings. The van der Waals surface area contributed by atoms with Gasteiger partial charge < -0.3 is 4.74 Å². The first-order chi connectivity index (χ1) is 5.26. The second-order valence-electron chi connectivity index (χ2n) is 3.96. The average molecular weight is 154 g/mol. The second-order valence-corrected chi connectivity index (χ2v) is 3.96. The minimum atomic E-state index is 0.00813. The maximum absolute atomic E-state index is 11.1. The summed E-state index contributed by atoms with van der Waals surface area (Å²) >= 11 is 0. The molecule has 0 unspecified atom stereocenters. The summed E-state index contributed by atoms with van der Waals surface area (Å²) < 4.78 is 4.72. The van der Waals surface area contributed by atoms with Crippen molar-refractivity contribution < 1.29 is 9.53 Å². The number of hydrogen-bond acceptors (Lipinski definition) is 2. The Labute approximate surface area is 66.9 Å². The van der Waals surface area contributed by atoms with Crippen molar-refractivity contribution in [2.45, 2.75) is 32.1 Å². The number of methoxy groups -OCH3 is 1. The molecular weight excluding hydrogens is 140 g/mol. The van der Waals surface area contributed by atoms with E-state index in [-0.39, 0.29) is 11.9 Å². The molecule has 2 heteroatoms. The number of carbonyl (C=O) groups excluding carboxylic acids is 1. The molecule has 0 aromatic rings. The van der Waals surface area contributed by atoms with Crippen LogP contribution in [0.2, 0.25) is 0 Å². The molecule has 1 atom stereocenters. The van der Waals surface area contributed by atoms with Crippen LogP contribution in [-0.4, -0.2) is 13.1 Å². The normalized spacial score (nSPS) is 32.3. The molecule has 0 bridgehead atoms. The van der Waals surface area contributed by atoms with E-state index in [0.29, 0.717) is 5.41 Å². The second kappa shape index (κ2) is 2.23. The van der Waals surface area contributed by atoms with Crippen LogP contribution in [0.15, 0.2) is 0 Å². The van der Waals surface area contributed by atoms with Crippen LogP contribution in [0.25, 0.3) is 0 Å². The zero-order valence-electron chi connectivity index (χ0n) is 6.93. The van der Waals surface area contributed by atoms with Gasteiger partial charge in [-0.05, 0) is 37.5 Å². The van der Waals surface area contributed by atoms with E-state index in [1.807, 2.05) is 0 Å². The Morgan fingerprint density at radius 3 is 2.64 bits per heavy atom. The van der Waals surface area contributed by atoms with Crippen molar-refractivity contribution in [3.63, 3.8) is 0 Å². The molecule has 0 aromatic carbocycles. The lowest BCUT2D eigenvalue weighted by Crippen LogP contribution is -2.12. The Balaban J connectivity index is 1.94. The predicted molar refractivity (Wildman–Crippen MR) is 41.0 cm³/mol. The quantitative estimate of drug-likeness (QED) is 0.538. The van der Waals surface area contributed by atoms with Crippen molar-refractivity contribution in [2.75, 3.05) is 7.11 Å². The van der Waals surface area contributed by atoms with E-state index in [9.17, 15) is 4.79 Å². The molecule has 11 heavy (non-hydrogen) atoms. The summed E-state index contributed by atoms with van der Waals surface area (Å²) in [5.41, 5.74) is 0.596. The molecule has 1 spiro atoms. The summed E-state index contributed by atoms with van der Waals surface area (Å²) in [4.78, 5) is 11.1. The van der Waals surface area contributed by atoms with E-state index >= 15 is 0 Å². The highest BCUT2D eigenvalue weighted by Crippen LogP contribution is 2.59. The van der Waals surface area contributed by atoms with Gasteiger partial charge in [0.05, 0.1) is 13.0 Å². The zero-order chi connectivity index (χ0) is 7.90. The van der Waals surface area contributed by atoms with Crippen molar-refractivity contribution in [1.82, 2.24) is 0 Å². The Morgan fingerprint density at radius 2 is 2.18 bits per heavy atom. The fourth-order valence-electron chi connectivity index (χ4n) is 2.21. The summed E-state index contributed by atoms with van der Waals surface area (Å²) in [6, 6.07) is 0. The summed E-state index contributed by atoms with van der Waals surface area (Å²) in [5, 5.41) is 0. The van der Waals surface area contributed by atoms with Crippen molar-refractivity contribution in [2.24, 2.45) is 11.3 Å². The first-order valence-electron chi connectivity index (χ1n) is 4.34. The Hall–Kier alpha value is -0.530. The molecule has 0 aliphatic heterocycles. The van der Waals surface area contributed by atoms with Gasteiger partial charge >= 0.3 is 5.97 Å². The molecule has 0 aromatic heterocycles. The van der Waals surface area contributed by atoms with E-state index in [4.69, 9.17) is 4.74 Å². The van der Waals surface area contributed by atoms with Gasteiger partial charge in [0.2, 0.25) is 0 Å². The molecule has 0 heterocycles. The van der Waals surface area contributed by atoms with E-state index in [2.05, 4.69) is 0 Å². The van der Waals surface area contributed by atoms with E-state index in [0.717, 1.165) is 12.8 Å². The van der Waals surface area contributed by atoms with Crippen LogP contribution in [0.5, 0.6) is 0 Å². The molecule has 0 saturated heterocycles. The molecule has 0 radical (unpaired) electrons. The first kappa shape index (κ1) is 7.14. The molecule has 0 amide bonds. The van der Waals surface area contributed by atoms with Gasteiger partial charge in [-0.1, -0.05) is 0 Å². The van der Waals surface area contributed by atoms with E-state index in [1.165, 1.54) is 26.4 Å². The third kappa shape index (κ3) is 1.15. The monoisotopic (exact) mass is 154 g/mol. The van der Waals surface area contributed by atoms with Crippen molar-refractivity contribution in [3.8, 4) is 0 Å². The van der Waals surface area contributed by atoms with E-state index < -0.39 is 0 Å². The van der Waals surface area contributed by atoms with Crippen LogP contribution in [0.1, 0.15) is 32.1 Å². The molecule has 2 saturated carbocycles. The highest BCUT2D eigenvalue weighted by atomic mass is 16.5. The van der Waals surface area contributed by atoms with Crippen LogP contribution >= 0.6 is 0 Å². The minimum absolute atomic E-state index is 0.00813. The third-order valence-electron chi connectivity index (χ3n) is 3.19. The average Bonchev–Trinajstić information content (AvgIpc) is 2.61. The lowest BCUT2D eigenvalue weighted by atomic mass is 10.0. The van der Waals surface area contributed by atoms with Gasteiger partial charge in [-0.2, -0.15) is 0 Å². The highest BCUT2D eigenvalue weighted by molar-refractivity contribution is 5.72. The van der Waals surface area contributed by atoms with Crippen LogP contribution < -0.4 is 0 Å². The summed E-state index contributed by atoms with van der Waals surface area (Å²) in [6.45, 7) is 0. The molecule has 62 valence electrons. The SMILES string of the molecule is COC(=O)[C@H]1CCC2(CC2)C1. The molecule has 0 N–H and O–H groups in total. The van der Waals surface area contributed by atoms with Crippen LogP contribution in [-0.2, 0) is 9.53 Å². The maximum Gasteiger partial charge on any atom is 0.308 e.